The molecule has 0 saturated carbocycles. The van der Waals surface area contributed by atoms with Gasteiger partial charge in [-0.3, -0.25) is 5.21 Å². The third-order valence-electron chi connectivity index (χ3n) is 0.263. The van der Waals surface area contributed by atoms with Crippen molar-refractivity contribution in [2.45, 2.75) is 0 Å². The van der Waals surface area contributed by atoms with Crippen LogP contribution in [-0.4, -0.2) is 21.8 Å². The van der Waals surface area contributed by atoms with Gasteiger partial charge < -0.3 is 5.21 Å². The van der Waals surface area contributed by atoms with E-state index in [0.29, 0.717) is 6.34 Å². The largest absolute Gasteiger partial charge is 0.410 e. The monoisotopic (exact) mass is 101 g/mol. The smallest absolute Gasteiger partial charge is 0.211 e. The maximum atomic E-state index is 8.02. The molecule has 0 radical (unpaired) electrons. The molecular formula is C2H3N3O2. The van der Waals surface area contributed by atoms with Crippen molar-refractivity contribution < 1.29 is 10.4 Å². The van der Waals surface area contributed by atoms with Crippen molar-refractivity contribution in [2.24, 2.45) is 5.16 Å². The summed E-state index contributed by atoms with van der Waals surface area (Å²) in [6, 6.07) is 0. The highest BCUT2D eigenvalue weighted by Crippen LogP contribution is 1.64. The maximum absolute atomic E-state index is 8.02. The molecule has 38 valence electrons. The van der Waals surface area contributed by atoms with E-state index >= 15 is 0 Å². The van der Waals surface area contributed by atoms with Crippen molar-refractivity contribution >= 4 is 6.34 Å². The minimum Gasteiger partial charge on any atom is -0.410 e. The number of oxime groups is 1. The molecule has 5 heteroatoms. The summed E-state index contributed by atoms with van der Waals surface area (Å²) < 4.78 is 0. The average Bonchev–Trinajstić information content (AvgIpc) is 1.68. The molecule has 2 N–H and O–H groups in total. The lowest BCUT2D eigenvalue weighted by atomic mass is 11.1. The highest BCUT2D eigenvalue weighted by atomic mass is 16.5. The van der Waals surface area contributed by atoms with E-state index in [-0.39, 0.29) is 5.06 Å². The molecule has 0 saturated heterocycles. The summed E-state index contributed by atoms with van der Waals surface area (Å²) in [7, 11) is 0. The molecule has 0 aliphatic heterocycles. The van der Waals surface area contributed by atoms with Crippen LogP contribution in [0.2, 0.25) is 0 Å². The Labute approximate surface area is 39.6 Å². The number of hydrogen-bond donors (Lipinski definition) is 2. The van der Waals surface area contributed by atoms with E-state index in [4.69, 9.17) is 15.7 Å². The minimum atomic E-state index is 0.0694. The van der Waals surface area contributed by atoms with Gasteiger partial charge in [0.2, 0.25) is 6.19 Å². The van der Waals surface area contributed by atoms with E-state index < -0.39 is 0 Å². The second-order valence-corrected chi connectivity index (χ2v) is 0.676. The Bertz CT molecular complexity index is 104. The second kappa shape index (κ2) is 2.93. The molecule has 0 unspecified atom stereocenters. The first-order chi connectivity index (χ1) is 3.31. The fourth-order valence-corrected chi connectivity index (χ4v) is 0.0747. The Hall–Kier alpha value is -1.28. The Balaban J connectivity index is 3.42. The van der Waals surface area contributed by atoms with E-state index in [0.717, 1.165) is 0 Å². The first-order valence-electron chi connectivity index (χ1n) is 1.36. The quantitative estimate of drug-likeness (QED) is 0.117. The van der Waals surface area contributed by atoms with Crippen LogP contribution in [-0.2, 0) is 0 Å². The van der Waals surface area contributed by atoms with E-state index in [1.165, 1.54) is 6.19 Å². The predicted octanol–water partition coefficient (Wildman–Crippen LogP) is -0.424. The van der Waals surface area contributed by atoms with Gasteiger partial charge in [-0.15, -0.1) is 5.06 Å². The molecular weight excluding hydrogens is 98.0 g/mol. The zero-order chi connectivity index (χ0) is 5.70. The van der Waals surface area contributed by atoms with Crippen LogP contribution >= 0.6 is 0 Å². The molecule has 7 heavy (non-hydrogen) atoms. The third-order valence-corrected chi connectivity index (χ3v) is 0.263. The van der Waals surface area contributed by atoms with Gasteiger partial charge in [-0.05, 0) is 0 Å². The van der Waals surface area contributed by atoms with Crippen LogP contribution in [0.15, 0.2) is 5.16 Å². The molecule has 0 aromatic heterocycles. The molecule has 0 aliphatic carbocycles. The van der Waals surface area contributed by atoms with Gasteiger partial charge in [-0.2, -0.15) is 5.26 Å². The van der Waals surface area contributed by atoms with Crippen LogP contribution < -0.4 is 0 Å². The highest BCUT2D eigenvalue weighted by Gasteiger charge is 1.81. The Kier molecular flexibility index (Phi) is 2.40. The van der Waals surface area contributed by atoms with Crippen LogP contribution in [0.3, 0.4) is 0 Å². The van der Waals surface area contributed by atoms with Crippen molar-refractivity contribution in [3.05, 3.63) is 0 Å². The normalized spacial score (nSPS) is 8.57. The van der Waals surface area contributed by atoms with Gasteiger partial charge in [0, 0.05) is 0 Å². The van der Waals surface area contributed by atoms with Crippen LogP contribution in [0.25, 0.3) is 0 Å². The molecule has 0 amide bonds. The van der Waals surface area contributed by atoms with E-state index in [1.807, 2.05) is 0 Å². The Morgan fingerprint density at radius 3 is 2.57 bits per heavy atom. The number of hydroxylamine groups is 2. The summed E-state index contributed by atoms with van der Waals surface area (Å²) >= 11 is 0. The predicted molar refractivity (Wildman–Crippen MR) is 19.5 cm³/mol. The van der Waals surface area contributed by atoms with Gasteiger partial charge in [0.05, 0.1) is 0 Å². The van der Waals surface area contributed by atoms with Crippen molar-refractivity contribution in [1.29, 1.82) is 5.26 Å². The van der Waals surface area contributed by atoms with Crippen molar-refractivity contribution in [3.8, 4) is 6.19 Å². The lowest BCUT2D eigenvalue weighted by Gasteiger charge is -1.89. The lowest BCUT2D eigenvalue weighted by Crippen LogP contribution is -2.07. The van der Waals surface area contributed by atoms with Gasteiger partial charge in [0.15, 0.2) is 6.34 Å². The molecule has 0 rings (SSSR count). The van der Waals surface area contributed by atoms with Crippen LogP contribution in [0.5, 0.6) is 0 Å². The van der Waals surface area contributed by atoms with Crippen molar-refractivity contribution in [1.82, 2.24) is 5.06 Å². The molecule has 0 bridgehead atoms. The fraction of sp³-hybridized carbons (Fsp3) is 0. The number of hydrogen-bond acceptors (Lipinski definition) is 4. The van der Waals surface area contributed by atoms with Gasteiger partial charge in [-0.25, -0.2) is 0 Å². The highest BCUT2D eigenvalue weighted by molar-refractivity contribution is 5.53. The number of nitrogens with zero attached hydrogens (tertiary/aromatic N) is 3. The zero-order valence-corrected chi connectivity index (χ0v) is 3.31. The summed E-state index contributed by atoms with van der Waals surface area (Å²) in [5.74, 6) is 0. The van der Waals surface area contributed by atoms with Crippen LogP contribution in [0.4, 0.5) is 0 Å². The summed E-state index contributed by atoms with van der Waals surface area (Å²) in [6.07, 6.45) is 1.80. The van der Waals surface area contributed by atoms with Gasteiger partial charge in [-0.1, -0.05) is 5.16 Å². The first-order valence-corrected chi connectivity index (χ1v) is 1.36. The Morgan fingerprint density at radius 2 is 2.43 bits per heavy atom. The zero-order valence-electron chi connectivity index (χ0n) is 3.31. The summed E-state index contributed by atoms with van der Waals surface area (Å²) in [5.41, 5.74) is 0. The van der Waals surface area contributed by atoms with Crippen molar-refractivity contribution in [2.75, 3.05) is 0 Å². The number of nitriles is 1. The first kappa shape index (κ1) is 5.72. The second-order valence-electron chi connectivity index (χ2n) is 0.676. The molecule has 0 fully saturated rings. The summed E-state index contributed by atoms with van der Waals surface area (Å²) in [4.78, 5) is 0. The molecule has 0 aromatic rings. The topological polar surface area (TPSA) is 79.9 Å². The fourth-order valence-electron chi connectivity index (χ4n) is 0.0747. The number of rotatable bonds is 1. The van der Waals surface area contributed by atoms with Crippen LogP contribution in [0.1, 0.15) is 0 Å². The van der Waals surface area contributed by atoms with Crippen molar-refractivity contribution in [3.63, 3.8) is 0 Å². The SMILES string of the molecule is N#CN(O)C=NO. The van der Waals surface area contributed by atoms with E-state index in [1.54, 1.807) is 0 Å². The lowest BCUT2D eigenvalue weighted by molar-refractivity contribution is 0.0503. The molecule has 0 spiro atoms. The summed E-state index contributed by atoms with van der Waals surface area (Å²) in [5, 5.41) is 25.7. The van der Waals surface area contributed by atoms with Gasteiger partial charge in [0.1, 0.15) is 0 Å². The van der Waals surface area contributed by atoms with Gasteiger partial charge in [0.25, 0.3) is 0 Å². The third kappa shape index (κ3) is 2.52. The molecule has 0 heterocycles. The maximum Gasteiger partial charge on any atom is 0.211 e. The van der Waals surface area contributed by atoms with Crippen LogP contribution in [0, 0.1) is 11.5 Å². The molecule has 5 nitrogen and oxygen atoms in total. The standard InChI is InChI=1S/C2H3N3O2/c3-1-5(7)2-4-6/h2,6-7H. The average molecular weight is 101 g/mol. The van der Waals surface area contributed by atoms with E-state index in [9.17, 15) is 0 Å². The van der Waals surface area contributed by atoms with E-state index in [2.05, 4.69) is 5.16 Å². The summed E-state index contributed by atoms with van der Waals surface area (Å²) in [6.45, 7) is 0. The molecule has 0 aliphatic rings. The Morgan fingerprint density at radius 1 is 1.86 bits per heavy atom. The molecule has 0 atom stereocenters. The van der Waals surface area contributed by atoms with Gasteiger partial charge >= 0.3 is 0 Å². The molecule has 0 aromatic carbocycles. The minimum absolute atomic E-state index is 0.0694.